The molecule has 2 aliphatic heterocycles. The zero-order valence-electron chi connectivity index (χ0n) is 49.1. The van der Waals surface area contributed by atoms with E-state index < -0.39 is 0 Å². The van der Waals surface area contributed by atoms with Gasteiger partial charge in [-0.2, -0.15) is 0 Å². The van der Waals surface area contributed by atoms with E-state index in [1.807, 2.05) is 11.8 Å². The first-order valence-corrected chi connectivity index (χ1v) is 32.2. The molecule has 0 radical (unpaired) electrons. The highest BCUT2D eigenvalue weighted by Gasteiger charge is 2.35. The van der Waals surface area contributed by atoms with Crippen LogP contribution in [0.15, 0.2) is 313 Å². The number of thioether (sulfide) groups is 1. The van der Waals surface area contributed by atoms with Gasteiger partial charge in [-0.25, -0.2) is 0 Å². The topological polar surface area (TPSA) is 15.7 Å². The van der Waals surface area contributed by atoms with E-state index in [0.717, 1.165) is 69.2 Å². The van der Waals surface area contributed by atoms with Crippen LogP contribution in [0.25, 0.3) is 98.2 Å². The molecule has 2 unspecified atom stereocenters. The van der Waals surface area contributed by atoms with Crippen molar-refractivity contribution in [3.05, 3.63) is 336 Å². The predicted molar refractivity (Wildman–Crippen MR) is 381 cm³/mol. The van der Waals surface area contributed by atoms with E-state index in [4.69, 9.17) is 4.74 Å². The molecule has 0 spiro atoms. The van der Waals surface area contributed by atoms with Crippen LogP contribution >= 0.6 is 11.8 Å². The van der Waals surface area contributed by atoms with Gasteiger partial charge in [0, 0.05) is 61.5 Å². The van der Waals surface area contributed by atoms with Gasteiger partial charge in [0.1, 0.15) is 11.5 Å². The number of hydrogen-bond donors (Lipinski definition) is 0. The summed E-state index contributed by atoms with van der Waals surface area (Å²) in [5, 5.41) is 17.3. The third-order valence-corrected chi connectivity index (χ3v) is 20.9. The van der Waals surface area contributed by atoms with Gasteiger partial charge in [0.15, 0.2) is 0 Å². The number of allylic oxidation sites excluding steroid dienone is 5. The van der Waals surface area contributed by atoms with Crippen molar-refractivity contribution in [2.24, 2.45) is 0 Å². The van der Waals surface area contributed by atoms with Crippen LogP contribution in [-0.2, 0) is 6.42 Å². The summed E-state index contributed by atoms with van der Waals surface area (Å²) in [6, 6.07) is 106. The fourth-order valence-corrected chi connectivity index (χ4v) is 16.8. The lowest BCUT2D eigenvalue weighted by atomic mass is 9.84. The van der Waals surface area contributed by atoms with Crippen LogP contribution in [0, 0.1) is 0 Å². The summed E-state index contributed by atoms with van der Waals surface area (Å²) in [7, 11) is 0. The third-order valence-electron chi connectivity index (χ3n) is 19.7. The normalized spacial score (nSPS) is 15.5. The second kappa shape index (κ2) is 20.3. The second-order valence-corrected chi connectivity index (χ2v) is 25.7. The number of anilines is 6. The number of rotatable bonds is 8. The van der Waals surface area contributed by atoms with Gasteiger partial charge >= 0.3 is 0 Å². The van der Waals surface area contributed by atoms with Gasteiger partial charge in [-0.05, 0) is 212 Å². The number of fused-ring (bicyclic) bond motifs is 19. The molecule has 15 aromatic carbocycles. The van der Waals surface area contributed by atoms with Crippen LogP contribution in [0.4, 0.5) is 34.1 Å². The molecule has 0 bridgehead atoms. The minimum atomic E-state index is 0.128. The predicted octanol–water partition coefficient (Wildman–Crippen LogP) is 24.0. The largest absolute Gasteiger partial charge is 0.460 e. The Labute approximate surface area is 526 Å². The maximum Gasteiger partial charge on any atom is 0.138 e. The number of hydrogen-bond acceptors (Lipinski definition) is 4. The Balaban J connectivity index is 0.665. The van der Waals surface area contributed by atoms with Gasteiger partial charge < -0.3 is 14.5 Å². The van der Waals surface area contributed by atoms with Gasteiger partial charge in [0.25, 0.3) is 0 Å². The van der Waals surface area contributed by atoms with Crippen molar-refractivity contribution in [1.29, 1.82) is 0 Å². The maximum atomic E-state index is 7.20. The molecule has 0 fully saturated rings. The van der Waals surface area contributed by atoms with Crippen molar-refractivity contribution in [2.45, 2.75) is 29.6 Å². The molecule has 19 rings (SSSR count). The summed E-state index contributed by atoms with van der Waals surface area (Å²) in [6.45, 7) is 0. The molecular formula is C86H56N2OS. The summed E-state index contributed by atoms with van der Waals surface area (Å²) >= 11 is 1.94. The summed E-state index contributed by atoms with van der Waals surface area (Å²) in [5.74, 6) is 2.49. The Morgan fingerprint density at radius 2 is 0.978 bits per heavy atom. The summed E-state index contributed by atoms with van der Waals surface area (Å²) in [6.07, 6.45) is 9.08. The van der Waals surface area contributed by atoms with Crippen molar-refractivity contribution in [3.63, 3.8) is 0 Å². The van der Waals surface area contributed by atoms with Crippen LogP contribution < -0.4 is 14.5 Å². The molecule has 2 heterocycles. The van der Waals surface area contributed by atoms with E-state index in [1.165, 1.54) is 119 Å². The molecule has 3 nitrogen and oxygen atoms in total. The lowest BCUT2D eigenvalue weighted by Crippen LogP contribution is -2.10. The average Bonchev–Trinajstić information content (AvgIpc) is 1.05. The molecule has 0 aromatic heterocycles. The Hall–Kier alpha value is -10.9. The number of nitrogens with zero attached hydrogens (tertiary/aromatic N) is 2. The highest BCUT2D eigenvalue weighted by Crippen LogP contribution is 2.56. The highest BCUT2D eigenvalue weighted by molar-refractivity contribution is 8.03. The zero-order chi connectivity index (χ0) is 59.0. The van der Waals surface area contributed by atoms with Gasteiger partial charge in [-0.1, -0.05) is 224 Å². The van der Waals surface area contributed by atoms with Crippen molar-refractivity contribution in [3.8, 4) is 16.9 Å². The molecule has 90 heavy (non-hydrogen) atoms. The van der Waals surface area contributed by atoms with E-state index in [0.29, 0.717) is 5.92 Å². The second-order valence-electron chi connectivity index (χ2n) is 24.6. The smallest absolute Gasteiger partial charge is 0.138 e. The zero-order valence-corrected chi connectivity index (χ0v) is 50.0. The minimum Gasteiger partial charge on any atom is -0.460 e. The minimum absolute atomic E-state index is 0.128. The molecule has 422 valence electrons. The first-order chi connectivity index (χ1) is 44.6. The van der Waals surface area contributed by atoms with Crippen LogP contribution in [0.1, 0.15) is 46.1 Å². The molecule has 0 saturated carbocycles. The monoisotopic (exact) mass is 1160 g/mol. The molecule has 4 heteroatoms. The quantitative estimate of drug-likeness (QED) is 0.141. The first kappa shape index (κ1) is 51.2. The number of ether oxygens (including phenoxy) is 1. The van der Waals surface area contributed by atoms with Gasteiger partial charge in [0.05, 0.1) is 5.69 Å². The van der Waals surface area contributed by atoms with Crippen LogP contribution in [-0.4, -0.2) is 0 Å². The number of benzene rings is 15. The van der Waals surface area contributed by atoms with Crippen molar-refractivity contribution in [2.75, 3.05) is 9.80 Å². The number of para-hydroxylation sites is 2. The maximum absolute atomic E-state index is 7.20. The molecule has 0 N–H and O–H groups in total. The lowest BCUT2D eigenvalue weighted by molar-refractivity contribution is 0.430. The van der Waals surface area contributed by atoms with E-state index in [9.17, 15) is 0 Å². The molecule has 2 aliphatic carbocycles. The Kier molecular flexibility index (Phi) is 11.6. The molecule has 15 aromatic rings. The molecule has 4 aliphatic rings. The van der Waals surface area contributed by atoms with E-state index in [2.05, 4.69) is 313 Å². The van der Waals surface area contributed by atoms with Crippen molar-refractivity contribution in [1.82, 2.24) is 0 Å². The van der Waals surface area contributed by atoms with Gasteiger partial charge in [-0.3, -0.25) is 0 Å². The fraction of sp³-hybridized carbons (Fsp3) is 0.0465. The Morgan fingerprint density at radius 3 is 1.82 bits per heavy atom. The van der Waals surface area contributed by atoms with E-state index >= 15 is 0 Å². The lowest BCUT2D eigenvalue weighted by Gasteiger charge is -2.27. The molecule has 2 atom stereocenters. The summed E-state index contributed by atoms with van der Waals surface area (Å²) in [5.41, 5.74) is 17.0. The summed E-state index contributed by atoms with van der Waals surface area (Å²) < 4.78 is 7.20. The van der Waals surface area contributed by atoms with Crippen LogP contribution in [0.5, 0.6) is 5.75 Å². The molecule has 0 saturated heterocycles. The summed E-state index contributed by atoms with van der Waals surface area (Å²) in [4.78, 5) is 7.63. The van der Waals surface area contributed by atoms with Crippen LogP contribution in [0.2, 0.25) is 0 Å². The van der Waals surface area contributed by atoms with E-state index in [1.54, 1.807) is 0 Å². The van der Waals surface area contributed by atoms with E-state index in [-0.39, 0.29) is 5.92 Å². The van der Waals surface area contributed by atoms with Crippen molar-refractivity contribution < 1.29 is 4.74 Å². The highest BCUT2D eigenvalue weighted by atomic mass is 32.2. The standard InChI is InChI=1S/C86H56N2OS/c1-3-20-61(21-4-1)87(65-40-43-71-79-46-56-17-7-8-18-57(56)50-82(79)90-83(71)52-65)64-39-34-55-30-31-60-48-77(68-26-13-14-27-72(68)84(60)78(55)51-64)59-36-41-70-75-45-44-69-74(86(75)89-81(70)49-59)28-15-29-80(69)88(62-22-5-2-6-23-62)63-37-32-54(33-38-63)76-47-58-19-10-12-25-67(58)85-66-24-11-9-16-53(66)35-42-73(76)85/h1-40,42-45,47-52,70,79H,41,46H2. The Morgan fingerprint density at radius 1 is 0.367 bits per heavy atom. The molecule has 0 amide bonds. The molecular weight excluding hydrogens is 1110 g/mol. The first-order valence-electron chi connectivity index (χ1n) is 31.4. The fourth-order valence-electron chi connectivity index (χ4n) is 15.5. The van der Waals surface area contributed by atoms with Gasteiger partial charge in [-0.15, -0.1) is 0 Å². The van der Waals surface area contributed by atoms with Crippen LogP contribution in [0.3, 0.4) is 0 Å². The SMILES string of the molecule is C1=C(c2cc3ccc4ccc(N(c5ccccc5)c5ccc6c(c5)SC5=Cc7ccccc7CC56)cc4c3c3ccccc23)C=C2Oc3c(ccc4c(N(c5ccccc5)c5ccc(-c6cc7ccccc7c7c6ccc6ccccc67)cc5)cccc34)C2C1. The Bertz CT molecular complexity index is 5610. The van der Waals surface area contributed by atoms with Crippen molar-refractivity contribution >= 4 is 133 Å². The van der Waals surface area contributed by atoms with Gasteiger partial charge in [0.2, 0.25) is 0 Å². The third kappa shape index (κ3) is 8.08. The average molecular weight is 1170 g/mol.